The summed E-state index contributed by atoms with van der Waals surface area (Å²) in [7, 11) is 4.21. The third kappa shape index (κ3) is 4.48. The highest BCUT2D eigenvalue weighted by molar-refractivity contribution is 7.10. The number of aromatic hydroxyl groups is 1. The van der Waals surface area contributed by atoms with Crippen molar-refractivity contribution in [2.45, 2.75) is 64.3 Å². The number of hydrogen-bond acceptors (Lipinski definition) is 5. The summed E-state index contributed by atoms with van der Waals surface area (Å²) in [5.74, 6) is 0.410. The Kier molecular flexibility index (Phi) is 6.81. The van der Waals surface area contributed by atoms with Crippen LogP contribution in [0, 0.1) is 0 Å². The molecule has 0 amide bonds. The van der Waals surface area contributed by atoms with Gasteiger partial charge in [0.15, 0.2) is 0 Å². The molecular formula is C23H35ClN2O2S. The number of nitrogens with zero attached hydrogens (tertiary/aromatic N) is 2. The van der Waals surface area contributed by atoms with E-state index in [-0.39, 0.29) is 28.8 Å². The first-order valence-corrected chi connectivity index (χ1v) is 10.8. The molecule has 1 N–H and O–H groups in total. The topological polar surface area (TPSA) is 45.6 Å². The van der Waals surface area contributed by atoms with Crippen molar-refractivity contribution in [1.82, 2.24) is 9.88 Å². The molecule has 1 atom stereocenters. The summed E-state index contributed by atoms with van der Waals surface area (Å²) in [6.07, 6.45) is 0.961. The molecule has 1 aromatic heterocycles. The number of likely N-dealkylation sites (N-methyl/N-ethyl adjacent to an activating group) is 1. The molecule has 0 radical (unpaired) electrons. The average molecular weight is 439 g/mol. The predicted octanol–water partition coefficient (Wildman–Crippen LogP) is 5.71. The zero-order chi connectivity index (χ0) is 20.9. The molecule has 2 heterocycles. The number of phenols is 1. The smallest absolute Gasteiger partial charge is 0.123 e. The van der Waals surface area contributed by atoms with E-state index >= 15 is 0 Å². The van der Waals surface area contributed by atoms with Gasteiger partial charge in [-0.05, 0) is 43.5 Å². The van der Waals surface area contributed by atoms with E-state index in [9.17, 15) is 5.11 Å². The number of halogens is 1. The van der Waals surface area contributed by atoms with Crippen LogP contribution in [-0.2, 0) is 21.1 Å². The number of hydrogen-bond donors (Lipinski definition) is 1. The normalized spacial score (nSPS) is 20.2. The maximum atomic E-state index is 11.0. The fourth-order valence-corrected chi connectivity index (χ4v) is 4.94. The van der Waals surface area contributed by atoms with Gasteiger partial charge in [0.2, 0.25) is 0 Å². The fraction of sp³-hybridized carbons (Fsp3) is 0.609. The highest BCUT2D eigenvalue weighted by Gasteiger charge is 2.41. The molecule has 0 aliphatic carbocycles. The van der Waals surface area contributed by atoms with Crippen LogP contribution >= 0.6 is 23.7 Å². The van der Waals surface area contributed by atoms with Crippen molar-refractivity contribution in [1.29, 1.82) is 0 Å². The van der Waals surface area contributed by atoms with Gasteiger partial charge in [-0.15, -0.1) is 23.7 Å². The van der Waals surface area contributed by atoms with Crippen molar-refractivity contribution in [2.75, 3.05) is 27.3 Å². The summed E-state index contributed by atoms with van der Waals surface area (Å²) >= 11 is 1.70. The van der Waals surface area contributed by atoms with Crippen molar-refractivity contribution < 1.29 is 9.84 Å². The van der Waals surface area contributed by atoms with Gasteiger partial charge in [0.1, 0.15) is 10.8 Å². The Morgan fingerprint density at radius 2 is 1.62 bits per heavy atom. The first-order chi connectivity index (χ1) is 12.9. The molecule has 1 aliphatic heterocycles. The molecule has 0 saturated carbocycles. The van der Waals surface area contributed by atoms with Crippen LogP contribution in [0.15, 0.2) is 17.5 Å². The van der Waals surface area contributed by atoms with Crippen LogP contribution in [0.4, 0.5) is 0 Å². The van der Waals surface area contributed by atoms with Crippen molar-refractivity contribution in [3.05, 3.63) is 33.6 Å². The van der Waals surface area contributed by atoms with Crippen LogP contribution in [0.3, 0.4) is 0 Å². The van der Waals surface area contributed by atoms with Gasteiger partial charge >= 0.3 is 0 Å². The average Bonchev–Trinajstić information content (AvgIpc) is 3.22. The molecule has 3 rings (SSSR count). The van der Waals surface area contributed by atoms with Crippen molar-refractivity contribution in [3.63, 3.8) is 0 Å². The lowest BCUT2D eigenvalue weighted by Gasteiger charge is -2.32. The number of aromatic nitrogens is 1. The van der Waals surface area contributed by atoms with E-state index < -0.39 is 0 Å². The zero-order valence-corrected chi connectivity index (χ0v) is 20.6. The quantitative estimate of drug-likeness (QED) is 0.666. The molecule has 0 bridgehead atoms. The fourth-order valence-electron chi connectivity index (χ4n) is 3.81. The van der Waals surface area contributed by atoms with E-state index in [4.69, 9.17) is 9.72 Å². The van der Waals surface area contributed by atoms with Gasteiger partial charge < -0.3 is 9.84 Å². The minimum atomic E-state index is -0.150. The number of rotatable bonds is 3. The van der Waals surface area contributed by atoms with Crippen LogP contribution < -0.4 is 0 Å². The Morgan fingerprint density at radius 1 is 1.07 bits per heavy atom. The number of phenolic OH excluding ortho intramolecular Hbond substituents is 1. The second-order valence-corrected chi connectivity index (χ2v) is 11.0. The number of thiazole rings is 1. The van der Waals surface area contributed by atoms with Gasteiger partial charge in [-0.25, -0.2) is 4.98 Å². The van der Waals surface area contributed by atoms with Crippen LogP contribution in [0.1, 0.15) is 64.1 Å². The highest BCUT2D eigenvalue weighted by Crippen LogP contribution is 2.43. The Morgan fingerprint density at radius 3 is 2.03 bits per heavy atom. The Labute approximate surface area is 185 Å². The highest BCUT2D eigenvalue weighted by atomic mass is 35.5. The maximum absolute atomic E-state index is 11.0. The molecule has 1 fully saturated rings. The molecule has 1 saturated heterocycles. The lowest BCUT2D eigenvalue weighted by molar-refractivity contribution is 0.106. The van der Waals surface area contributed by atoms with Gasteiger partial charge in [-0.2, -0.15) is 0 Å². The lowest BCUT2D eigenvalue weighted by atomic mass is 9.78. The van der Waals surface area contributed by atoms with E-state index in [1.165, 1.54) is 0 Å². The molecule has 0 spiro atoms. The first kappa shape index (κ1) is 24.1. The largest absolute Gasteiger partial charge is 0.507 e. The van der Waals surface area contributed by atoms with Crippen LogP contribution in [0.5, 0.6) is 5.75 Å². The molecule has 1 aliphatic rings. The lowest BCUT2D eigenvalue weighted by Crippen LogP contribution is -2.41. The summed E-state index contributed by atoms with van der Waals surface area (Å²) in [5.41, 5.74) is 3.55. The predicted molar refractivity (Wildman–Crippen MR) is 125 cm³/mol. The van der Waals surface area contributed by atoms with E-state index in [1.54, 1.807) is 11.3 Å². The molecule has 162 valence electrons. The Balaban J connectivity index is 0.00000300. The minimum absolute atomic E-state index is 0. The zero-order valence-electron chi connectivity index (χ0n) is 18.9. The second kappa shape index (κ2) is 8.18. The summed E-state index contributed by atoms with van der Waals surface area (Å²) in [6.45, 7) is 14.3. The summed E-state index contributed by atoms with van der Waals surface area (Å²) in [4.78, 5) is 7.28. The summed E-state index contributed by atoms with van der Waals surface area (Å²) in [6, 6.07) is 4.22. The van der Waals surface area contributed by atoms with Crippen LogP contribution in [0.25, 0.3) is 11.3 Å². The van der Waals surface area contributed by atoms with Crippen LogP contribution in [0.2, 0.25) is 0 Å². The number of benzene rings is 1. The van der Waals surface area contributed by atoms with E-state index in [1.807, 2.05) is 0 Å². The summed E-state index contributed by atoms with van der Waals surface area (Å²) in [5, 5.41) is 14.2. The van der Waals surface area contributed by atoms with E-state index in [2.05, 4.69) is 78.1 Å². The standard InChI is InChI=1S/C23H34N2O2S.ClH/c1-21(2,3)16-11-15(12-17(19(16)26)22(4,5)6)18-13-28-20(24-18)23(25(7)8)9-10-27-14-23;/h11-13,26H,9-10,14H2,1-8H3;1H. The van der Waals surface area contributed by atoms with Gasteiger partial charge in [0.25, 0.3) is 0 Å². The molecule has 1 unspecified atom stereocenters. The van der Waals surface area contributed by atoms with E-state index in [0.29, 0.717) is 12.4 Å². The molecule has 2 aromatic rings. The third-order valence-electron chi connectivity index (χ3n) is 5.78. The van der Waals surface area contributed by atoms with Crippen molar-refractivity contribution in [3.8, 4) is 17.0 Å². The molecule has 29 heavy (non-hydrogen) atoms. The van der Waals surface area contributed by atoms with Crippen LogP contribution in [-0.4, -0.2) is 42.3 Å². The maximum Gasteiger partial charge on any atom is 0.123 e. The molecule has 1 aromatic carbocycles. The Bertz CT molecular complexity index is 821. The Hall–Kier alpha value is -1.14. The first-order valence-electron chi connectivity index (χ1n) is 9.96. The second-order valence-electron chi connectivity index (χ2n) is 10.2. The minimum Gasteiger partial charge on any atom is -0.507 e. The van der Waals surface area contributed by atoms with Gasteiger partial charge in [-0.3, -0.25) is 4.90 Å². The van der Waals surface area contributed by atoms with E-state index in [0.717, 1.165) is 40.4 Å². The SMILES string of the molecule is CN(C)C1(c2nc(-c3cc(C(C)(C)C)c(O)c(C(C)(C)C)c3)cs2)CCOC1.Cl. The molecular weight excluding hydrogens is 404 g/mol. The van der Waals surface area contributed by atoms with Crippen molar-refractivity contribution >= 4 is 23.7 Å². The molecule has 6 heteroatoms. The van der Waals surface area contributed by atoms with Gasteiger partial charge in [-0.1, -0.05) is 41.5 Å². The van der Waals surface area contributed by atoms with Gasteiger partial charge in [0, 0.05) is 28.7 Å². The monoisotopic (exact) mass is 438 g/mol. The summed E-state index contributed by atoms with van der Waals surface area (Å²) < 4.78 is 5.73. The number of ether oxygens (including phenoxy) is 1. The van der Waals surface area contributed by atoms with Crippen molar-refractivity contribution in [2.24, 2.45) is 0 Å². The van der Waals surface area contributed by atoms with Gasteiger partial charge in [0.05, 0.1) is 17.8 Å². The molecule has 4 nitrogen and oxygen atoms in total. The third-order valence-corrected chi connectivity index (χ3v) is 6.82.